The van der Waals surface area contributed by atoms with Crippen LogP contribution in [-0.2, 0) is 32.7 Å². The number of carbonyl (C=O) groups is 2. The maximum absolute atomic E-state index is 12.8. The molecule has 0 aliphatic heterocycles. The van der Waals surface area contributed by atoms with Crippen LogP contribution in [0, 0.1) is 0 Å². The van der Waals surface area contributed by atoms with E-state index in [-0.39, 0.29) is 12.8 Å². The summed E-state index contributed by atoms with van der Waals surface area (Å²) in [5.74, 6) is -1.18. The average Bonchev–Trinajstić information content (AvgIpc) is 3.24. The maximum Gasteiger partial charge on any atom is 0.472 e. The zero-order valence-electron chi connectivity index (χ0n) is 36.4. The monoisotopic (exact) mass is 878 g/mol. The van der Waals surface area contributed by atoms with Gasteiger partial charge >= 0.3 is 19.8 Å². The van der Waals surface area contributed by atoms with Crippen LogP contribution in [0.1, 0.15) is 129 Å². The highest BCUT2D eigenvalue weighted by molar-refractivity contribution is 7.47. The lowest BCUT2D eigenvalue weighted by Crippen LogP contribution is -2.64. The molecule has 61 heavy (non-hydrogen) atoms. The first kappa shape index (κ1) is 55.8. The van der Waals surface area contributed by atoms with Crippen molar-refractivity contribution in [2.75, 3.05) is 13.2 Å². The quantitative estimate of drug-likeness (QED) is 0.0118. The summed E-state index contributed by atoms with van der Waals surface area (Å²) in [6, 6.07) is 0. The fraction of sp³-hybridized carbons (Fsp3) is 0.617. The SMILES string of the molecule is CC/C=C/C=C/C=C/C=C/CCCCCCCC(=O)O[C@@H](COC(=O)CCCCC/C=C/C/C=C/C/C=C/C/C=C/CCC)COP(=O)(O)OC1C(O)C(O)C(O)[C@H](O)C1O. The molecule has 6 unspecified atom stereocenters. The highest BCUT2D eigenvalue weighted by Gasteiger charge is 2.51. The second-order valence-corrected chi connectivity index (χ2v) is 16.3. The lowest BCUT2D eigenvalue weighted by molar-refractivity contribution is -0.220. The van der Waals surface area contributed by atoms with E-state index in [0.717, 1.165) is 83.5 Å². The van der Waals surface area contributed by atoms with Crippen LogP contribution < -0.4 is 0 Å². The van der Waals surface area contributed by atoms with Crippen molar-refractivity contribution in [3.05, 3.63) is 97.2 Å². The molecule has 346 valence electrons. The molecule has 0 amide bonds. The van der Waals surface area contributed by atoms with Crippen molar-refractivity contribution in [3.8, 4) is 0 Å². The van der Waals surface area contributed by atoms with Crippen molar-refractivity contribution in [3.63, 3.8) is 0 Å². The summed E-state index contributed by atoms with van der Waals surface area (Å²) >= 11 is 0. The zero-order valence-corrected chi connectivity index (χ0v) is 37.3. The van der Waals surface area contributed by atoms with Crippen molar-refractivity contribution < 1.29 is 63.1 Å². The van der Waals surface area contributed by atoms with E-state index in [0.29, 0.717) is 12.8 Å². The molecule has 0 heterocycles. The Labute approximate surface area is 364 Å². The molecule has 1 rings (SSSR count). The molecule has 6 N–H and O–H groups in total. The summed E-state index contributed by atoms with van der Waals surface area (Å²) in [6.07, 6.45) is 34.6. The predicted octanol–water partition coefficient (Wildman–Crippen LogP) is 8.27. The van der Waals surface area contributed by atoms with Crippen LogP contribution in [0.25, 0.3) is 0 Å². The van der Waals surface area contributed by atoms with Gasteiger partial charge in [0.15, 0.2) is 6.10 Å². The summed E-state index contributed by atoms with van der Waals surface area (Å²) in [5.41, 5.74) is 0. The Morgan fingerprint density at radius 1 is 0.541 bits per heavy atom. The number of unbranched alkanes of at least 4 members (excludes halogenated alkanes) is 9. The van der Waals surface area contributed by atoms with E-state index in [1.807, 2.05) is 36.5 Å². The van der Waals surface area contributed by atoms with Crippen LogP contribution in [-0.4, -0.2) is 98.3 Å². The Morgan fingerprint density at radius 3 is 1.59 bits per heavy atom. The van der Waals surface area contributed by atoms with Gasteiger partial charge in [0.05, 0.1) is 6.61 Å². The first-order valence-electron chi connectivity index (χ1n) is 22.1. The van der Waals surface area contributed by atoms with Gasteiger partial charge in [-0.15, -0.1) is 0 Å². The molecule has 0 saturated heterocycles. The number of ether oxygens (including phenoxy) is 2. The van der Waals surface area contributed by atoms with Gasteiger partial charge in [0, 0.05) is 12.8 Å². The predicted molar refractivity (Wildman–Crippen MR) is 239 cm³/mol. The first-order valence-corrected chi connectivity index (χ1v) is 23.6. The van der Waals surface area contributed by atoms with Gasteiger partial charge in [0.1, 0.15) is 43.2 Å². The molecule has 1 aliphatic carbocycles. The van der Waals surface area contributed by atoms with Gasteiger partial charge in [-0.2, -0.15) is 0 Å². The van der Waals surface area contributed by atoms with Gasteiger partial charge in [-0.05, 0) is 70.6 Å². The van der Waals surface area contributed by atoms with E-state index in [1.54, 1.807) is 0 Å². The fourth-order valence-electron chi connectivity index (χ4n) is 5.93. The Kier molecular flexibility index (Phi) is 33.2. The minimum Gasteiger partial charge on any atom is -0.462 e. The van der Waals surface area contributed by atoms with E-state index in [2.05, 4.69) is 74.6 Å². The lowest BCUT2D eigenvalue weighted by Gasteiger charge is -2.41. The van der Waals surface area contributed by atoms with Gasteiger partial charge in [0.25, 0.3) is 0 Å². The number of aliphatic hydroxyl groups is 5. The Hall–Kier alpha value is -3.23. The van der Waals surface area contributed by atoms with E-state index < -0.39 is 75.7 Å². The number of aliphatic hydroxyl groups excluding tert-OH is 5. The molecular formula is C47H75O13P. The smallest absolute Gasteiger partial charge is 0.462 e. The number of phosphoric ester groups is 1. The summed E-state index contributed by atoms with van der Waals surface area (Å²) in [7, 11) is -5.14. The van der Waals surface area contributed by atoms with Crippen LogP contribution in [0.15, 0.2) is 97.2 Å². The fourth-order valence-corrected chi connectivity index (χ4v) is 6.91. The molecule has 0 radical (unpaired) electrons. The van der Waals surface area contributed by atoms with Crippen molar-refractivity contribution in [2.45, 2.75) is 172 Å². The first-order chi connectivity index (χ1) is 29.4. The molecule has 8 atom stereocenters. The Balaban J connectivity index is 2.53. The molecule has 0 aromatic carbocycles. The summed E-state index contributed by atoms with van der Waals surface area (Å²) in [4.78, 5) is 35.7. The molecule has 1 aliphatic rings. The topological polar surface area (TPSA) is 210 Å². The third kappa shape index (κ3) is 28.9. The Morgan fingerprint density at radius 2 is 1.00 bits per heavy atom. The van der Waals surface area contributed by atoms with Gasteiger partial charge in [-0.1, -0.05) is 143 Å². The number of phosphoric acid groups is 1. The largest absolute Gasteiger partial charge is 0.472 e. The zero-order chi connectivity index (χ0) is 45.0. The second-order valence-electron chi connectivity index (χ2n) is 14.9. The van der Waals surface area contributed by atoms with Gasteiger partial charge in [0.2, 0.25) is 0 Å². The van der Waals surface area contributed by atoms with Crippen molar-refractivity contribution in [2.24, 2.45) is 0 Å². The van der Waals surface area contributed by atoms with Gasteiger partial charge < -0.3 is 39.9 Å². The summed E-state index contributed by atoms with van der Waals surface area (Å²) in [6.45, 7) is 3.02. The highest BCUT2D eigenvalue weighted by atomic mass is 31.2. The van der Waals surface area contributed by atoms with Crippen LogP contribution in [0.3, 0.4) is 0 Å². The van der Waals surface area contributed by atoms with Crippen LogP contribution in [0.5, 0.6) is 0 Å². The lowest BCUT2D eigenvalue weighted by atomic mass is 9.85. The third-order valence-corrected chi connectivity index (χ3v) is 10.5. The number of hydrogen-bond donors (Lipinski definition) is 6. The third-order valence-electron chi connectivity index (χ3n) is 9.48. The highest BCUT2D eigenvalue weighted by Crippen LogP contribution is 2.47. The van der Waals surface area contributed by atoms with Crippen LogP contribution in [0.4, 0.5) is 0 Å². The molecule has 13 nitrogen and oxygen atoms in total. The average molecular weight is 879 g/mol. The van der Waals surface area contributed by atoms with Gasteiger partial charge in [-0.25, -0.2) is 4.57 Å². The van der Waals surface area contributed by atoms with E-state index in [1.165, 1.54) is 6.42 Å². The standard InChI is InChI=1S/C47H75O13P/c1-3-5-7-9-11-13-15-17-19-20-22-23-25-27-29-31-33-35-40(48)57-37-39(38-58-61(55,56)60-47-45(53)43(51)42(50)44(52)46(47)54)59-41(49)36-34-32-30-28-26-24-21-18-16-14-12-10-8-6-4-2/h6-10,12-16,18-21,23,25,39,42-47,50-54H,3-5,11,17,22,24,26-38H2,1-2H3,(H,55,56)/b8-6+,9-7+,12-10+,15-13+,16-14+,20-19+,21-18+,25-23+/t39-,42?,43-,44?,45?,46?,47?/m0/s1. The number of rotatable bonds is 34. The minimum atomic E-state index is -5.14. The van der Waals surface area contributed by atoms with Crippen molar-refractivity contribution in [1.29, 1.82) is 0 Å². The van der Waals surface area contributed by atoms with E-state index in [9.17, 15) is 44.6 Å². The number of carbonyl (C=O) groups excluding carboxylic acids is 2. The number of hydrogen-bond acceptors (Lipinski definition) is 12. The van der Waals surface area contributed by atoms with Crippen molar-refractivity contribution in [1.82, 2.24) is 0 Å². The number of esters is 2. The second kappa shape index (κ2) is 36.3. The van der Waals surface area contributed by atoms with Crippen LogP contribution in [0.2, 0.25) is 0 Å². The Bertz CT molecular complexity index is 1430. The maximum atomic E-state index is 12.8. The molecule has 0 aromatic rings. The molecule has 1 saturated carbocycles. The number of allylic oxidation sites excluding steroid dienone is 16. The van der Waals surface area contributed by atoms with Crippen LogP contribution >= 0.6 is 7.82 Å². The van der Waals surface area contributed by atoms with Crippen molar-refractivity contribution >= 4 is 19.8 Å². The molecule has 14 heteroatoms. The van der Waals surface area contributed by atoms with E-state index >= 15 is 0 Å². The summed E-state index contributed by atoms with van der Waals surface area (Å²) in [5, 5.41) is 50.1. The molecule has 0 spiro atoms. The molecule has 0 bridgehead atoms. The minimum absolute atomic E-state index is 0.0568. The molecular weight excluding hydrogens is 803 g/mol. The molecule has 1 fully saturated rings. The van der Waals surface area contributed by atoms with Gasteiger partial charge in [-0.3, -0.25) is 18.6 Å². The molecule has 0 aromatic heterocycles. The van der Waals surface area contributed by atoms with E-state index in [4.69, 9.17) is 18.5 Å². The summed E-state index contributed by atoms with van der Waals surface area (Å²) < 4.78 is 33.4. The normalized spacial score (nSPS) is 23.0.